The zero-order chi connectivity index (χ0) is 28.7. The molecule has 4 rings (SSSR count). The monoisotopic (exact) mass is 559 g/mol. The van der Waals surface area contributed by atoms with Gasteiger partial charge in [0.05, 0.1) is 27.5 Å². The van der Waals surface area contributed by atoms with E-state index >= 15 is 0 Å². The number of aromatic nitrogens is 1. The van der Waals surface area contributed by atoms with Crippen LogP contribution in [0.4, 0.5) is 28.6 Å². The predicted octanol–water partition coefficient (Wildman–Crippen LogP) is 3.98. The van der Waals surface area contributed by atoms with Crippen LogP contribution in [0.15, 0.2) is 72.3 Å². The number of amides is 1. The van der Waals surface area contributed by atoms with Crippen LogP contribution in [0.2, 0.25) is 0 Å². The number of nitrogens with one attached hydrogen (secondary N) is 3. The van der Waals surface area contributed by atoms with Crippen molar-refractivity contribution < 1.29 is 13.2 Å². The lowest BCUT2D eigenvalue weighted by Crippen LogP contribution is -2.46. The van der Waals surface area contributed by atoms with E-state index in [0.717, 1.165) is 44.0 Å². The molecule has 11 heteroatoms. The van der Waals surface area contributed by atoms with Crippen molar-refractivity contribution in [2.45, 2.75) is 18.4 Å². The van der Waals surface area contributed by atoms with E-state index in [0.29, 0.717) is 35.0 Å². The van der Waals surface area contributed by atoms with Gasteiger partial charge >= 0.3 is 0 Å². The zero-order valence-corrected chi connectivity index (χ0v) is 23.5. The quantitative estimate of drug-likeness (QED) is 0.316. The lowest BCUT2D eigenvalue weighted by molar-refractivity contribution is -0.111. The van der Waals surface area contributed by atoms with Crippen molar-refractivity contribution >= 4 is 44.3 Å². The molecule has 0 bridgehead atoms. The van der Waals surface area contributed by atoms with Crippen LogP contribution in [0.3, 0.4) is 0 Å². The maximum atomic E-state index is 12.2. The van der Waals surface area contributed by atoms with Crippen molar-refractivity contribution in [3.63, 3.8) is 0 Å². The van der Waals surface area contributed by atoms with Gasteiger partial charge in [-0.3, -0.25) is 4.79 Å². The second-order valence-electron chi connectivity index (χ2n) is 9.47. The second kappa shape index (κ2) is 12.6. The molecule has 1 saturated heterocycles. The molecule has 3 aromatic rings. The van der Waals surface area contributed by atoms with Gasteiger partial charge in [0.25, 0.3) is 0 Å². The summed E-state index contributed by atoms with van der Waals surface area (Å²) in [5, 5.41) is 19.0. The molecule has 2 aromatic carbocycles. The first-order valence-electron chi connectivity index (χ1n) is 12.9. The lowest BCUT2D eigenvalue weighted by atomic mass is 10.1. The van der Waals surface area contributed by atoms with Gasteiger partial charge < -0.3 is 25.8 Å². The fourth-order valence-electron chi connectivity index (χ4n) is 4.43. The van der Waals surface area contributed by atoms with Crippen LogP contribution < -0.4 is 20.9 Å². The van der Waals surface area contributed by atoms with Crippen LogP contribution in [0, 0.1) is 11.3 Å². The van der Waals surface area contributed by atoms with Crippen molar-refractivity contribution in [3.8, 4) is 6.07 Å². The van der Waals surface area contributed by atoms with E-state index in [4.69, 9.17) is 0 Å². The van der Waals surface area contributed by atoms with Crippen LogP contribution in [-0.2, 0) is 21.2 Å². The SMILES string of the molecule is C=CC(=O)Nc1cc(N2CCN(CC)CC2)ccc1Nc1cc(NCc2cccc(S(C)(=O)=O)c2)c(C#N)cn1. The van der Waals surface area contributed by atoms with E-state index in [-0.39, 0.29) is 10.8 Å². The molecule has 208 valence electrons. The molecule has 1 fully saturated rings. The molecular formula is C29H33N7O3S. The number of carbonyl (C=O) groups excluding carboxylic acids is 1. The fourth-order valence-corrected chi connectivity index (χ4v) is 5.12. The van der Waals surface area contributed by atoms with E-state index in [1.165, 1.54) is 18.5 Å². The van der Waals surface area contributed by atoms with E-state index in [9.17, 15) is 18.5 Å². The summed E-state index contributed by atoms with van der Waals surface area (Å²) in [4.78, 5) is 21.5. The fraction of sp³-hybridized carbons (Fsp3) is 0.276. The van der Waals surface area contributed by atoms with Crippen molar-refractivity contribution in [1.29, 1.82) is 5.26 Å². The number of benzene rings is 2. The van der Waals surface area contributed by atoms with Crippen molar-refractivity contribution in [3.05, 3.63) is 78.5 Å². The summed E-state index contributed by atoms with van der Waals surface area (Å²) in [5.74, 6) is 0.132. The molecule has 0 radical (unpaired) electrons. The Labute approximate surface area is 235 Å². The minimum Gasteiger partial charge on any atom is -0.380 e. The number of piperazine rings is 1. The first kappa shape index (κ1) is 28.6. The van der Waals surface area contributed by atoms with Crippen LogP contribution in [0.1, 0.15) is 18.1 Å². The van der Waals surface area contributed by atoms with Crippen LogP contribution in [-0.4, -0.2) is 63.2 Å². The highest BCUT2D eigenvalue weighted by molar-refractivity contribution is 7.90. The molecule has 1 aliphatic heterocycles. The van der Waals surface area contributed by atoms with E-state index in [1.54, 1.807) is 24.3 Å². The van der Waals surface area contributed by atoms with Crippen LogP contribution >= 0.6 is 0 Å². The molecule has 3 N–H and O–H groups in total. The molecule has 0 unspecified atom stereocenters. The number of hydrogen-bond acceptors (Lipinski definition) is 9. The highest BCUT2D eigenvalue weighted by Crippen LogP contribution is 2.31. The summed E-state index contributed by atoms with van der Waals surface area (Å²) in [6.45, 7) is 10.8. The molecule has 1 aliphatic rings. The summed E-state index contributed by atoms with van der Waals surface area (Å²) < 4.78 is 23.8. The van der Waals surface area contributed by atoms with Gasteiger partial charge in [-0.2, -0.15) is 5.26 Å². The smallest absolute Gasteiger partial charge is 0.247 e. The molecule has 1 aromatic heterocycles. The van der Waals surface area contributed by atoms with E-state index in [1.807, 2.05) is 24.3 Å². The number of rotatable bonds is 10. The number of anilines is 5. The standard InChI is InChI=1S/C29H33N7O3S/c1-4-29(37)34-27-16-23(36-13-11-35(5-2)12-14-36)9-10-25(27)33-28-17-26(22(18-30)20-32-28)31-19-21-7-6-8-24(15-21)40(3,38)39/h4,6-10,15-17,20H,1,5,11-14,19H2,2-3H3,(H,34,37)(H2,31,32,33). The first-order valence-corrected chi connectivity index (χ1v) is 14.8. The summed E-state index contributed by atoms with van der Waals surface area (Å²) in [7, 11) is -3.33. The number of likely N-dealkylation sites (N-methyl/N-ethyl adjacent to an activating group) is 1. The van der Waals surface area contributed by atoms with Gasteiger partial charge in [0.1, 0.15) is 11.9 Å². The van der Waals surface area contributed by atoms with Crippen molar-refractivity contribution in [2.24, 2.45) is 0 Å². The summed E-state index contributed by atoms with van der Waals surface area (Å²) >= 11 is 0. The van der Waals surface area contributed by atoms with Gasteiger partial charge in [0.2, 0.25) is 5.91 Å². The highest BCUT2D eigenvalue weighted by Gasteiger charge is 2.18. The van der Waals surface area contributed by atoms with E-state index in [2.05, 4.69) is 50.3 Å². The second-order valence-corrected chi connectivity index (χ2v) is 11.5. The maximum Gasteiger partial charge on any atom is 0.247 e. The van der Waals surface area contributed by atoms with Gasteiger partial charge in [-0.05, 0) is 48.5 Å². The van der Waals surface area contributed by atoms with Crippen molar-refractivity contribution in [1.82, 2.24) is 9.88 Å². The van der Waals surface area contributed by atoms with Crippen LogP contribution in [0.25, 0.3) is 0 Å². The third-order valence-electron chi connectivity index (χ3n) is 6.73. The van der Waals surface area contributed by atoms with Gasteiger partial charge in [0, 0.05) is 56.9 Å². The third kappa shape index (κ3) is 7.16. The Morgan fingerprint density at radius 2 is 1.88 bits per heavy atom. The molecule has 0 aliphatic carbocycles. The Morgan fingerprint density at radius 3 is 2.55 bits per heavy atom. The summed E-state index contributed by atoms with van der Waals surface area (Å²) in [6.07, 6.45) is 3.84. The molecule has 1 amide bonds. The minimum atomic E-state index is -3.33. The summed E-state index contributed by atoms with van der Waals surface area (Å²) in [6, 6.07) is 16.3. The van der Waals surface area contributed by atoms with Gasteiger partial charge in [-0.1, -0.05) is 25.6 Å². The Bertz CT molecular complexity index is 1540. The number of sulfone groups is 1. The minimum absolute atomic E-state index is 0.231. The van der Waals surface area contributed by atoms with Gasteiger partial charge in [-0.15, -0.1) is 0 Å². The van der Waals surface area contributed by atoms with Gasteiger partial charge in [0.15, 0.2) is 9.84 Å². The molecule has 0 atom stereocenters. The number of pyridine rings is 1. The lowest BCUT2D eigenvalue weighted by Gasteiger charge is -2.35. The molecule has 2 heterocycles. The Morgan fingerprint density at radius 1 is 1.10 bits per heavy atom. The molecule has 40 heavy (non-hydrogen) atoms. The number of nitrogens with zero attached hydrogens (tertiary/aromatic N) is 4. The normalized spacial score (nSPS) is 13.8. The number of nitriles is 1. The number of carbonyl (C=O) groups is 1. The Kier molecular flexibility index (Phi) is 9.04. The molecule has 0 saturated carbocycles. The van der Waals surface area contributed by atoms with Gasteiger partial charge in [-0.25, -0.2) is 13.4 Å². The average molecular weight is 560 g/mol. The molecule has 10 nitrogen and oxygen atoms in total. The molecule has 0 spiro atoms. The average Bonchev–Trinajstić information content (AvgIpc) is 2.96. The Hall–Kier alpha value is -4.40. The van der Waals surface area contributed by atoms with E-state index < -0.39 is 9.84 Å². The largest absolute Gasteiger partial charge is 0.380 e. The number of hydrogen-bond donors (Lipinski definition) is 3. The van der Waals surface area contributed by atoms with Crippen LogP contribution in [0.5, 0.6) is 0 Å². The molecular weight excluding hydrogens is 526 g/mol. The predicted molar refractivity (Wildman–Crippen MR) is 159 cm³/mol. The third-order valence-corrected chi connectivity index (χ3v) is 7.84. The maximum absolute atomic E-state index is 12.2. The highest BCUT2D eigenvalue weighted by atomic mass is 32.2. The topological polar surface area (TPSA) is 130 Å². The zero-order valence-electron chi connectivity index (χ0n) is 22.6. The summed E-state index contributed by atoms with van der Waals surface area (Å²) in [5.41, 5.74) is 3.85. The Balaban J connectivity index is 1.56. The first-order chi connectivity index (χ1) is 19.2. The van der Waals surface area contributed by atoms with Crippen molar-refractivity contribution in [2.75, 3.05) is 59.8 Å².